The fourth-order valence-corrected chi connectivity index (χ4v) is 3.00. The van der Waals surface area contributed by atoms with Crippen LogP contribution in [0.2, 0.25) is 5.02 Å². The third-order valence-electron chi connectivity index (χ3n) is 4.55. The fourth-order valence-electron chi connectivity index (χ4n) is 2.77. The van der Waals surface area contributed by atoms with Crippen molar-refractivity contribution in [2.75, 3.05) is 18.8 Å². The van der Waals surface area contributed by atoms with E-state index < -0.39 is 18.2 Å². The van der Waals surface area contributed by atoms with Crippen molar-refractivity contribution < 1.29 is 36.2 Å². The Balaban J connectivity index is 0. The molecule has 1 unspecified atom stereocenters. The zero-order chi connectivity index (χ0) is 31.5. The molecule has 1 aromatic carbocycles. The number of anilines is 1. The summed E-state index contributed by atoms with van der Waals surface area (Å²) in [6.45, 7) is 9.21. The maximum Gasteiger partial charge on any atom is 0.386 e. The first-order valence-electron chi connectivity index (χ1n) is 12.0. The van der Waals surface area contributed by atoms with Crippen molar-refractivity contribution in [3.8, 4) is 5.88 Å². The number of nitrogens with zero attached hydrogens (tertiary/aromatic N) is 2. The topological polar surface area (TPSA) is 71.6 Å². The number of rotatable bonds is 9. The van der Waals surface area contributed by atoms with E-state index in [1.54, 1.807) is 32.1 Å². The van der Waals surface area contributed by atoms with Crippen molar-refractivity contribution in [1.82, 2.24) is 4.98 Å². The highest BCUT2D eigenvalue weighted by molar-refractivity contribution is 6.31. The molecule has 12 heteroatoms. The fraction of sp³-hybridized carbons (Fsp3) is 0.393. The molecule has 3 N–H and O–H groups in total. The van der Waals surface area contributed by atoms with Crippen molar-refractivity contribution in [2.24, 2.45) is 5.84 Å². The molecule has 0 saturated carbocycles. The summed E-state index contributed by atoms with van der Waals surface area (Å²) in [6, 6.07) is 10.5. The van der Waals surface area contributed by atoms with Crippen LogP contribution in [0.3, 0.4) is 0 Å². The zero-order valence-electron chi connectivity index (χ0n) is 23.6. The highest BCUT2D eigenvalue weighted by Gasteiger charge is 2.26. The maximum atomic E-state index is 12.7. The van der Waals surface area contributed by atoms with Gasteiger partial charge in [-0.2, -0.15) is 13.2 Å². The van der Waals surface area contributed by atoms with Crippen molar-refractivity contribution in [3.63, 3.8) is 0 Å². The first kappa shape index (κ1) is 39.1. The first-order chi connectivity index (χ1) is 18.7. The molecule has 0 aliphatic heterocycles. The van der Waals surface area contributed by atoms with E-state index in [0.717, 1.165) is 23.6 Å². The molecule has 0 spiro atoms. The Labute approximate surface area is 237 Å². The van der Waals surface area contributed by atoms with Gasteiger partial charge in [0, 0.05) is 18.7 Å². The predicted octanol–water partition coefficient (Wildman–Crippen LogP) is 8.77. The third-order valence-corrected chi connectivity index (χ3v) is 4.82. The highest BCUT2D eigenvalue weighted by Crippen LogP contribution is 2.29. The lowest BCUT2D eigenvalue weighted by molar-refractivity contribution is -0.110. The number of nitrogens with two attached hydrogens (primary N) is 1. The monoisotopic (exact) mass is 597 g/mol. The zero-order valence-corrected chi connectivity index (χ0v) is 24.4. The second-order valence-corrected chi connectivity index (χ2v) is 8.10. The van der Waals surface area contributed by atoms with Gasteiger partial charge >= 0.3 is 6.18 Å². The minimum absolute atomic E-state index is 0.0304. The van der Waals surface area contributed by atoms with Crippen molar-refractivity contribution in [2.45, 2.75) is 59.7 Å². The average Bonchev–Trinajstić information content (AvgIpc) is 2.91. The Morgan fingerprint density at radius 3 is 2.02 bits per heavy atom. The van der Waals surface area contributed by atoms with Crippen LogP contribution in [0.5, 0.6) is 5.88 Å². The Kier molecular flexibility index (Phi) is 19.5. The van der Waals surface area contributed by atoms with Crippen molar-refractivity contribution >= 4 is 17.3 Å². The van der Waals surface area contributed by atoms with Crippen molar-refractivity contribution in [3.05, 3.63) is 88.8 Å². The minimum atomic E-state index is -4.00. The molecule has 226 valence electrons. The largest absolute Gasteiger partial charge is 0.473 e. The van der Waals surface area contributed by atoms with Gasteiger partial charge in [-0.3, -0.25) is 9.40 Å². The van der Waals surface area contributed by atoms with Gasteiger partial charge in [0.25, 0.3) is 6.43 Å². The Morgan fingerprint density at radius 2 is 1.60 bits per heavy atom. The van der Waals surface area contributed by atoms with Gasteiger partial charge in [0.15, 0.2) is 0 Å². The summed E-state index contributed by atoms with van der Waals surface area (Å²) in [5.41, 5.74) is 0.390. The van der Waals surface area contributed by atoms with Crippen LogP contribution in [0.4, 0.5) is 32.0 Å². The van der Waals surface area contributed by atoms with E-state index in [1.807, 2.05) is 57.2 Å². The number of allylic oxidation sites excluding steroid dienone is 3. The van der Waals surface area contributed by atoms with E-state index in [4.69, 9.17) is 22.2 Å². The summed E-state index contributed by atoms with van der Waals surface area (Å²) in [6.07, 6.45) is 1.41. The van der Waals surface area contributed by atoms with Crippen LogP contribution in [0, 0.1) is 0 Å². The summed E-state index contributed by atoms with van der Waals surface area (Å²) in [4.78, 5) is 3.82. The average molecular weight is 598 g/mol. The van der Waals surface area contributed by atoms with Crippen LogP contribution >= 0.6 is 11.6 Å². The molecule has 0 bridgehead atoms. The number of aliphatic hydroxyl groups is 1. The summed E-state index contributed by atoms with van der Waals surface area (Å²) < 4.78 is 71.5. The number of halogens is 7. The van der Waals surface area contributed by atoms with E-state index in [1.165, 1.54) is 5.01 Å². The lowest BCUT2D eigenvalue weighted by atomic mass is 9.95. The highest BCUT2D eigenvalue weighted by atomic mass is 35.5. The second-order valence-electron chi connectivity index (χ2n) is 7.70. The van der Waals surface area contributed by atoms with E-state index in [0.29, 0.717) is 12.8 Å². The molecule has 1 atom stereocenters. The number of benzene rings is 1. The van der Waals surface area contributed by atoms with Gasteiger partial charge in [0.2, 0.25) is 5.88 Å². The van der Waals surface area contributed by atoms with Crippen LogP contribution in [-0.2, 0) is 0 Å². The molecular weight excluding hydrogens is 560 g/mol. The molecule has 0 aliphatic carbocycles. The van der Waals surface area contributed by atoms with Crippen LogP contribution in [-0.4, -0.2) is 35.7 Å². The van der Waals surface area contributed by atoms with E-state index in [9.17, 15) is 31.4 Å². The molecule has 2 rings (SSSR count). The molecule has 1 aromatic heterocycles. The van der Waals surface area contributed by atoms with Crippen molar-refractivity contribution in [1.29, 1.82) is 0 Å². The number of ether oxygens (including phenoxy) is 1. The van der Waals surface area contributed by atoms with Gasteiger partial charge in [-0.25, -0.2) is 19.6 Å². The van der Waals surface area contributed by atoms with Gasteiger partial charge in [-0.1, -0.05) is 61.9 Å². The number of hydrogen-bond donors (Lipinski definition) is 2. The third kappa shape index (κ3) is 15.5. The number of pyridine rings is 1. The van der Waals surface area contributed by atoms with Gasteiger partial charge in [0.1, 0.15) is 17.2 Å². The normalized spacial score (nSPS) is 13.2. The number of hydrazine groups is 1. The molecule has 0 aliphatic rings. The molecule has 40 heavy (non-hydrogen) atoms. The van der Waals surface area contributed by atoms with Crippen LogP contribution < -0.4 is 15.6 Å². The summed E-state index contributed by atoms with van der Waals surface area (Å²) in [7, 11) is 0.500. The number of hydrogen-bond acceptors (Lipinski definition) is 5. The molecular formula is C28H38ClF6N3O2. The van der Waals surface area contributed by atoms with Crippen LogP contribution in [0.25, 0.3) is 0 Å². The minimum Gasteiger partial charge on any atom is -0.473 e. The Morgan fingerprint density at radius 1 is 1.07 bits per heavy atom. The smallest absolute Gasteiger partial charge is 0.386 e. The second kappa shape index (κ2) is 19.9. The molecule has 0 amide bonds. The lowest BCUT2D eigenvalue weighted by Gasteiger charge is -2.25. The van der Waals surface area contributed by atoms with E-state index >= 15 is 0 Å². The SMILES string of the molecule is C/C=C(/C=C\C(=C/C)C(C)(O)COc1ncc(C(F)F)cc1Cl)N(N)c1ccccc1.CC.CC(F)(F)F.CF. The molecule has 0 fully saturated rings. The summed E-state index contributed by atoms with van der Waals surface area (Å²) in [5, 5.41) is 12.4. The molecule has 0 radical (unpaired) electrons. The van der Waals surface area contributed by atoms with Gasteiger partial charge in [-0.15, -0.1) is 0 Å². The lowest BCUT2D eigenvalue weighted by Crippen LogP contribution is -2.34. The molecule has 1 heterocycles. The molecule has 0 saturated heterocycles. The number of alkyl halides is 6. The quantitative estimate of drug-likeness (QED) is 0.131. The number of para-hydroxylation sites is 1. The first-order valence-corrected chi connectivity index (χ1v) is 12.4. The number of aromatic nitrogens is 1. The standard InChI is InChI=1S/C23H26ClF2N3O2.C2H3F3.C2H6.CH3F/c1-4-17(11-12-18(5-2)29(27)19-9-7-6-8-10-19)23(3,30)15-31-22-20(24)13-16(14-28-22)21(25)26;1-2(3,4)5;2*1-2/h4-14,21,30H,15,27H2,1-3H3;1H3;1-2H3;1H3/b12-11-,17-4+,18-5-;;;. The summed E-state index contributed by atoms with van der Waals surface area (Å²) >= 11 is 5.97. The maximum absolute atomic E-state index is 12.7. The summed E-state index contributed by atoms with van der Waals surface area (Å²) in [5.74, 6) is 6.17. The Bertz CT molecular complexity index is 1050. The van der Waals surface area contributed by atoms with Gasteiger partial charge in [0.05, 0.1) is 18.6 Å². The molecule has 2 aromatic rings. The Hall–Kier alpha value is -3.02. The van der Waals surface area contributed by atoms with E-state index in [2.05, 4.69) is 4.98 Å². The van der Waals surface area contributed by atoms with Gasteiger partial charge < -0.3 is 9.84 Å². The molecule has 5 nitrogen and oxygen atoms in total. The van der Waals surface area contributed by atoms with Gasteiger partial charge in [-0.05, 0) is 50.6 Å². The van der Waals surface area contributed by atoms with Crippen LogP contribution in [0.15, 0.2) is 78.2 Å². The van der Waals surface area contributed by atoms with E-state index in [-0.39, 0.29) is 30.0 Å². The van der Waals surface area contributed by atoms with Crippen LogP contribution in [0.1, 0.15) is 53.5 Å². The predicted molar refractivity (Wildman–Crippen MR) is 150 cm³/mol.